The second-order valence-corrected chi connectivity index (χ2v) is 8.20. The molecule has 0 bridgehead atoms. The van der Waals surface area contributed by atoms with Gasteiger partial charge >= 0.3 is 0 Å². The van der Waals surface area contributed by atoms with Crippen LogP contribution in [0.1, 0.15) is 18.9 Å². The number of carbonyl (C=O) groups excluding carboxylic acids is 1. The van der Waals surface area contributed by atoms with Gasteiger partial charge < -0.3 is 19.7 Å². The minimum Gasteiger partial charge on any atom is -0.493 e. The molecular formula is C22H28N2O3S. The fraction of sp³-hybridized carbons (Fsp3) is 0.409. The van der Waals surface area contributed by atoms with E-state index in [1.807, 2.05) is 25.1 Å². The van der Waals surface area contributed by atoms with E-state index < -0.39 is 0 Å². The third-order valence-corrected chi connectivity index (χ3v) is 6.02. The minimum absolute atomic E-state index is 0.0570. The lowest BCUT2D eigenvalue weighted by Crippen LogP contribution is -2.33. The summed E-state index contributed by atoms with van der Waals surface area (Å²) >= 11 is 1.52. The third-order valence-electron chi connectivity index (χ3n) is 4.92. The topological polar surface area (TPSA) is 50.8 Å². The lowest BCUT2D eigenvalue weighted by molar-refractivity contribution is -0.120. The van der Waals surface area contributed by atoms with Crippen molar-refractivity contribution in [1.82, 2.24) is 5.32 Å². The first-order chi connectivity index (χ1) is 13.6. The molecule has 0 aliphatic carbocycles. The Morgan fingerprint density at radius 3 is 2.75 bits per heavy atom. The Hall–Kier alpha value is -2.34. The number of methoxy groups -OCH3 is 2. The number of thioether (sulfide) groups is 1. The fourth-order valence-electron chi connectivity index (χ4n) is 3.41. The zero-order valence-corrected chi connectivity index (χ0v) is 17.6. The molecule has 0 saturated carbocycles. The van der Waals surface area contributed by atoms with Gasteiger partial charge in [0, 0.05) is 30.2 Å². The number of hydrogen-bond acceptors (Lipinski definition) is 5. The molecule has 2 aromatic rings. The van der Waals surface area contributed by atoms with E-state index in [1.165, 1.54) is 23.0 Å². The number of nitrogens with one attached hydrogen (secondary N) is 1. The smallest absolute Gasteiger partial charge is 0.233 e. The van der Waals surface area contributed by atoms with Crippen molar-refractivity contribution in [1.29, 1.82) is 0 Å². The van der Waals surface area contributed by atoms with Gasteiger partial charge in [-0.25, -0.2) is 0 Å². The summed E-state index contributed by atoms with van der Waals surface area (Å²) in [5.41, 5.74) is 2.76. The maximum absolute atomic E-state index is 12.4. The third kappa shape index (κ3) is 4.93. The van der Waals surface area contributed by atoms with Crippen LogP contribution in [0.25, 0.3) is 0 Å². The Labute approximate surface area is 171 Å². The second-order valence-electron chi connectivity index (χ2n) is 6.79. The molecule has 6 heteroatoms. The molecule has 1 heterocycles. The quantitative estimate of drug-likeness (QED) is 0.513. The first-order valence-corrected chi connectivity index (χ1v) is 10.5. The molecule has 2 aromatic carbocycles. The van der Waals surface area contributed by atoms with Crippen molar-refractivity contribution < 1.29 is 14.3 Å². The molecular weight excluding hydrogens is 372 g/mol. The molecule has 0 unspecified atom stereocenters. The van der Waals surface area contributed by atoms with Gasteiger partial charge in [-0.1, -0.05) is 18.2 Å². The van der Waals surface area contributed by atoms with E-state index in [2.05, 4.69) is 34.5 Å². The Morgan fingerprint density at radius 2 is 1.96 bits per heavy atom. The van der Waals surface area contributed by atoms with E-state index in [0.717, 1.165) is 30.8 Å². The number of hydrogen-bond donors (Lipinski definition) is 1. The summed E-state index contributed by atoms with van der Waals surface area (Å²) in [4.78, 5) is 15.8. The average Bonchev–Trinajstić information content (AvgIpc) is 3.14. The van der Waals surface area contributed by atoms with Crippen molar-refractivity contribution in [3.05, 3.63) is 48.0 Å². The SMILES string of the molecule is COc1ccc(S[C@@H](C)C(=O)NCCCN2CCc3ccccc32)cc1OC. The number of amides is 1. The van der Waals surface area contributed by atoms with Crippen LogP contribution < -0.4 is 19.7 Å². The number of benzene rings is 2. The highest BCUT2D eigenvalue weighted by molar-refractivity contribution is 8.00. The highest BCUT2D eigenvalue weighted by Gasteiger charge is 2.18. The number of fused-ring (bicyclic) bond motifs is 1. The van der Waals surface area contributed by atoms with Gasteiger partial charge in [0.2, 0.25) is 5.91 Å². The van der Waals surface area contributed by atoms with Gasteiger partial charge in [-0.15, -0.1) is 11.8 Å². The molecule has 5 nitrogen and oxygen atoms in total. The maximum atomic E-state index is 12.4. The first kappa shape index (κ1) is 20.4. The largest absolute Gasteiger partial charge is 0.493 e. The summed E-state index contributed by atoms with van der Waals surface area (Å²) in [7, 11) is 3.22. The maximum Gasteiger partial charge on any atom is 0.233 e. The van der Waals surface area contributed by atoms with Crippen molar-refractivity contribution in [2.45, 2.75) is 29.9 Å². The molecule has 1 atom stereocenters. The van der Waals surface area contributed by atoms with Gasteiger partial charge in [0.15, 0.2) is 11.5 Å². The minimum atomic E-state index is -0.175. The van der Waals surface area contributed by atoms with Crippen molar-refractivity contribution in [2.75, 3.05) is 38.8 Å². The van der Waals surface area contributed by atoms with Crippen LogP contribution in [0.15, 0.2) is 47.4 Å². The van der Waals surface area contributed by atoms with Crippen molar-refractivity contribution >= 4 is 23.4 Å². The van der Waals surface area contributed by atoms with Gasteiger partial charge in [-0.3, -0.25) is 4.79 Å². The summed E-state index contributed by atoms with van der Waals surface area (Å²) < 4.78 is 10.6. The van der Waals surface area contributed by atoms with E-state index in [0.29, 0.717) is 18.0 Å². The lowest BCUT2D eigenvalue weighted by atomic mass is 10.2. The molecule has 1 aliphatic rings. The molecule has 3 rings (SSSR count). The summed E-state index contributed by atoms with van der Waals surface area (Å²) in [6.07, 6.45) is 2.05. The Kier molecular flexibility index (Phi) is 7.09. The standard InChI is InChI=1S/C22H28N2O3S/c1-16(28-18-9-10-20(26-2)21(15-18)27-3)22(25)23-12-6-13-24-14-11-17-7-4-5-8-19(17)24/h4-5,7-10,15-16H,6,11-14H2,1-3H3,(H,23,25)/t16-/m0/s1. The van der Waals surface area contributed by atoms with Gasteiger partial charge in [-0.2, -0.15) is 0 Å². The van der Waals surface area contributed by atoms with Crippen LogP contribution >= 0.6 is 11.8 Å². The molecule has 0 spiro atoms. The molecule has 0 radical (unpaired) electrons. The Morgan fingerprint density at radius 1 is 1.18 bits per heavy atom. The average molecular weight is 401 g/mol. The molecule has 0 aromatic heterocycles. The van der Waals surface area contributed by atoms with Crippen LogP contribution in [0.2, 0.25) is 0 Å². The van der Waals surface area contributed by atoms with E-state index in [-0.39, 0.29) is 11.2 Å². The molecule has 1 amide bonds. The highest BCUT2D eigenvalue weighted by atomic mass is 32.2. The van der Waals surface area contributed by atoms with E-state index in [4.69, 9.17) is 9.47 Å². The number of ether oxygens (including phenoxy) is 2. The Bertz CT molecular complexity index is 812. The molecule has 28 heavy (non-hydrogen) atoms. The molecule has 0 saturated heterocycles. The van der Waals surface area contributed by atoms with Crippen molar-refractivity contribution in [3.63, 3.8) is 0 Å². The molecule has 1 N–H and O–H groups in total. The summed E-state index contributed by atoms with van der Waals surface area (Å²) in [6.45, 7) is 4.65. The van der Waals surface area contributed by atoms with Crippen LogP contribution in [0.4, 0.5) is 5.69 Å². The van der Waals surface area contributed by atoms with Crippen LogP contribution in [-0.2, 0) is 11.2 Å². The lowest BCUT2D eigenvalue weighted by Gasteiger charge is -2.19. The monoisotopic (exact) mass is 400 g/mol. The molecule has 150 valence electrons. The summed E-state index contributed by atoms with van der Waals surface area (Å²) in [5.74, 6) is 1.42. The van der Waals surface area contributed by atoms with Crippen molar-refractivity contribution in [3.8, 4) is 11.5 Å². The second kappa shape index (κ2) is 9.73. The van der Waals surface area contributed by atoms with E-state index in [9.17, 15) is 4.79 Å². The number of rotatable bonds is 9. The van der Waals surface area contributed by atoms with Crippen LogP contribution in [0.3, 0.4) is 0 Å². The van der Waals surface area contributed by atoms with Crippen LogP contribution in [0.5, 0.6) is 11.5 Å². The van der Waals surface area contributed by atoms with Gasteiger partial charge in [0.1, 0.15) is 0 Å². The number of nitrogens with zero attached hydrogens (tertiary/aromatic N) is 1. The van der Waals surface area contributed by atoms with Crippen LogP contribution in [-0.4, -0.2) is 45.0 Å². The highest BCUT2D eigenvalue weighted by Crippen LogP contribution is 2.33. The molecule has 1 aliphatic heterocycles. The van der Waals surface area contributed by atoms with E-state index >= 15 is 0 Å². The van der Waals surface area contributed by atoms with Gasteiger partial charge in [-0.05, 0) is 49.6 Å². The fourth-order valence-corrected chi connectivity index (χ4v) is 4.33. The van der Waals surface area contributed by atoms with Gasteiger partial charge in [0.25, 0.3) is 0 Å². The first-order valence-electron chi connectivity index (χ1n) is 9.61. The number of para-hydroxylation sites is 1. The number of carbonyl (C=O) groups is 1. The number of anilines is 1. The predicted octanol–water partition coefficient (Wildman–Crippen LogP) is 3.75. The zero-order valence-electron chi connectivity index (χ0n) is 16.7. The normalized spacial score (nSPS) is 13.8. The van der Waals surface area contributed by atoms with Crippen molar-refractivity contribution in [2.24, 2.45) is 0 Å². The van der Waals surface area contributed by atoms with Gasteiger partial charge in [0.05, 0.1) is 19.5 Å². The van der Waals surface area contributed by atoms with E-state index in [1.54, 1.807) is 14.2 Å². The molecule has 0 fully saturated rings. The summed E-state index contributed by atoms with van der Waals surface area (Å²) in [6, 6.07) is 14.3. The zero-order chi connectivity index (χ0) is 19.9. The predicted molar refractivity (Wildman–Crippen MR) is 115 cm³/mol. The van der Waals surface area contributed by atoms with Crippen LogP contribution in [0, 0.1) is 0 Å². The summed E-state index contributed by atoms with van der Waals surface area (Å²) in [5, 5.41) is 2.88. The Balaban J connectivity index is 1.42.